The lowest BCUT2D eigenvalue weighted by Gasteiger charge is -2.26. The topological polar surface area (TPSA) is 102 Å². The van der Waals surface area contributed by atoms with Crippen molar-refractivity contribution in [3.63, 3.8) is 0 Å². The predicted molar refractivity (Wildman–Crippen MR) is 115 cm³/mol. The van der Waals surface area contributed by atoms with Gasteiger partial charge in [-0.3, -0.25) is 4.79 Å². The fraction of sp³-hybridized carbons (Fsp3) is 0.364. The molecule has 0 bridgehead atoms. The standard InChI is InChI=1S/C22H26N2O6S/c1-3-17-4-8-19(9-5-17)23-21(25)16(2)30-22(26)18-6-10-20(11-7-18)31(27,28)24-12-14-29-15-13-24/h4-11,16H,3,12-15H2,1-2H3,(H,23,25)/t16-/m0/s1. The van der Waals surface area contributed by atoms with Crippen molar-refractivity contribution in [3.8, 4) is 0 Å². The number of rotatable bonds is 7. The fourth-order valence-electron chi connectivity index (χ4n) is 3.05. The first-order chi connectivity index (χ1) is 14.8. The number of hydrogen-bond acceptors (Lipinski definition) is 6. The average molecular weight is 447 g/mol. The van der Waals surface area contributed by atoms with Crippen LogP contribution in [0.3, 0.4) is 0 Å². The van der Waals surface area contributed by atoms with E-state index in [0.29, 0.717) is 32.0 Å². The molecule has 9 heteroatoms. The molecular weight excluding hydrogens is 420 g/mol. The molecule has 1 fully saturated rings. The number of amides is 1. The quantitative estimate of drug-likeness (QED) is 0.656. The molecule has 0 radical (unpaired) electrons. The summed E-state index contributed by atoms with van der Waals surface area (Å²) >= 11 is 0. The molecule has 0 saturated carbocycles. The molecule has 166 valence electrons. The summed E-state index contributed by atoms with van der Waals surface area (Å²) < 4.78 is 37.1. The molecule has 0 aliphatic carbocycles. The predicted octanol–water partition coefficient (Wildman–Crippen LogP) is 2.45. The highest BCUT2D eigenvalue weighted by Crippen LogP contribution is 2.18. The van der Waals surface area contributed by atoms with Gasteiger partial charge in [-0.2, -0.15) is 4.31 Å². The van der Waals surface area contributed by atoms with Crippen LogP contribution in [-0.2, 0) is 30.7 Å². The van der Waals surface area contributed by atoms with Gasteiger partial charge in [-0.25, -0.2) is 13.2 Å². The normalized spacial score (nSPS) is 15.8. The lowest BCUT2D eigenvalue weighted by molar-refractivity contribution is -0.123. The van der Waals surface area contributed by atoms with Crippen molar-refractivity contribution in [2.24, 2.45) is 0 Å². The second kappa shape index (κ2) is 10.0. The van der Waals surface area contributed by atoms with Crippen molar-refractivity contribution in [1.82, 2.24) is 4.31 Å². The van der Waals surface area contributed by atoms with Gasteiger partial charge < -0.3 is 14.8 Å². The minimum atomic E-state index is -3.64. The van der Waals surface area contributed by atoms with Crippen LogP contribution in [0, 0.1) is 0 Å². The Kier molecular flexibility index (Phi) is 7.42. The van der Waals surface area contributed by atoms with Crippen molar-refractivity contribution in [2.45, 2.75) is 31.3 Å². The summed E-state index contributed by atoms with van der Waals surface area (Å²) in [4.78, 5) is 24.8. The van der Waals surface area contributed by atoms with Crippen molar-refractivity contribution in [3.05, 3.63) is 59.7 Å². The zero-order valence-corrected chi connectivity index (χ0v) is 18.4. The van der Waals surface area contributed by atoms with Crippen molar-refractivity contribution in [1.29, 1.82) is 0 Å². The summed E-state index contributed by atoms with van der Waals surface area (Å²) in [5, 5.41) is 2.70. The van der Waals surface area contributed by atoms with E-state index in [1.54, 1.807) is 12.1 Å². The number of nitrogens with one attached hydrogen (secondary N) is 1. The SMILES string of the molecule is CCc1ccc(NC(=O)[C@H](C)OC(=O)c2ccc(S(=O)(=O)N3CCOCC3)cc2)cc1. The van der Waals surface area contributed by atoms with E-state index in [1.165, 1.54) is 35.5 Å². The van der Waals surface area contributed by atoms with Gasteiger partial charge in [0.05, 0.1) is 23.7 Å². The zero-order chi connectivity index (χ0) is 22.4. The van der Waals surface area contributed by atoms with Crippen LogP contribution in [0.4, 0.5) is 5.69 Å². The maximum absolute atomic E-state index is 12.7. The zero-order valence-electron chi connectivity index (χ0n) is 17.5. The van der Waals surface area contributed by atoms with Crippen LogP contribution < -0.4 is 5.32 Å². The second-order valence-electron chi connectivity index (χ2n) is 7.13. The van der Waals surface area contributed by atoms with E-state index in [2.05, 4.69) is 5.32 Å². The van der Waals surface area contributed by atoms with Gasteiger partial charge >= 0.3 is 5.97 Å². The molecule has 1 aliphatic rings. The van der Waals surface area contributed by atoms with Crippen LogP contribution in [0.5, 0.6) is 0 Å². The molecule has 8 nitrogen and oxygen atoms in total. The first kappa shape index (κ1) is 22.9. The monoisotopic (exact) mass is 446 g/mol. The Bertz CT molecular complexity index is 1010. The summed E-state index contributed by atoms with van der Waals surface area (Å²) in [6, 6.07) is 12.9. The molecule has 0 unspecified atom stereocenters. The molecule has 1 saturated heterocycles. The van der Waals surface area contributed by atoms with Crippen LogP contribution in [0.1, 0.15) is 29.8 Å². The highest BCUT2D eigenvalue weighted by Gasteiger charge is 2.26. The van der Waals surface area contributed by atoms with Crippen LogP contribution in [0.25, 0.3) is 0 Å². The van der Waals surface area contributed by atoms with Gasteiger partial charge in [0, 0.05) is 18.8 Å². The third kappa shape index (κ3) is 5.69. The fourth-order valence-corrected chi connectivity index (χ4v) is 4.46. The largest absolute Gasteiger partial charge is 0.449 e. The van der Waals surface area contributed by atoms with E-state index in [4.69, 9.17) is 9.47 Å². The number of morpholine rings is 1. The highest BCUT2D eigenvalue weighted by atomic mass is 32.2. The maximum atomic E-state index is 12.7. The molecule has 0 spiro atoms. The molecule has 1 N–H and O–H groups in total. The van der Waals surface area contributed by atoms with E-state index in [-0.39, 0.29) is 10.5 Å². The molecule has 2 aromatic carbocycles. The molecule has 1 amide bonds. The number of ether oxygens (including phenoxy) is 2. The van der Waals surface area contributed by atoms with Crippen molar-refractivity contribution >= 4 is 27.6 Å². The molecule has 1 heterocycles. The van der Waals surface area contributed by atoms with Crippen molar-refractivity contribution in [2.75, 3.05) is 31.6 Å². The lowest BCUT2D eigenvalue weighted by Crippen LogP contribution is -2.40. The number of esters is 1. The Morgan fingerprint density at radius 3 is 2.26 bits per heavy atom. The minimum Gasteiger partial charge on any atom is -0.449 e. The molecule has 2 aromatic rings. The van der Waals surface area contributed by atoms with Crippen LogP contribution >= 0.6 is 0 Å². The van der Waals surface area contributed by atoms with E-state index >= 15 is 0 Å². The van der Waals surface area contributed by atoms with Crippen LogP contribution in [0.15, 0.2) is 53.4 Å². The van der Waals surface area contributed by atoms with Gasteiger partial charge in [-0.15, -0.1) is 0 Å². The van der Waals surface area contributed by atoms with Crippen LogP contribution in [-0.4, -0.2) is 57.0 Å². The molecule has 1 atom stereocenters. The molecule has 1 aliphatic heterocycles. The molecule has 3 rings (SSSR count). The number of aryl methyl sites for hydroxylation is 1. The minimum absolute atomic E-state index is 0.0901. The molecular formula is C22H26N2O6S. The summed E-state index contributed by atoms with van der Waals surface area (Å²) in [6.07, 6.45) is -0.121. The summed E-state index contributed by atoms with van der Waals surface area (Å²) in [7, 11) is -3.64. The summed E-state index contributed by atoms with van der Waals surface area (Å²) in [5.74, 6) is -1.16. The van der Waals surface area contributed by atoms with Crippen LogP contribution in [0.2, 0.25) is 0 Å². The summed E-state index contributed by atoms with van der Waals surface area (Å²) in [6.45, 7) is 4.81. The highest BCUT2D eigenvalue weighted by molar-refractivity contribution is 7.89. The third-order valence-corrected chi connectivity index (χ3v) is 6.89. The Balaban J connectivity index is 1.59. The molecule has 31 heavy (non-hydrogen) atoms. The number of carbonyl (C=O) groups excluding carboxylic acids is 2. The summed E-state index contributed by atoms with van der Waals surface area (Å²) in [5.41, 5.74) is 1.92. The maximum Gasteiger partial charge on any atom is 0.338 e. The Morgan fingerprint density at radius 1 is 1.06 bits per heavy atom. The first-order valence-electron chi connectivity index (χ1n) is 10.1. The third-order valence-electron chi connectivity index (χ3n) is 4.98. The number of benzene rings is 2. The molecule has 0 aromatic heterocycles. The van der Waals surface area contributed by atoms with E-state index in [1.807, 2.05) is 19.1 Å². The Labute approximate surface area is 182 Å². The number of sulfonamides is 1. The first-order valence-corrected chi connectivity index (χ1v) is 11.5. The van der Waals surface area contributed by atoms with Gasteiger partial charge in [0.1, 0.15) is 0 Å². The number of hydrogen-bond donors (Lipinski definition) is 1. The number of nitrogens with zero attached hydrogens (tertiary/aromatic N) is 1. The van der Waals surface area contributed by atoms with Gasteiger partial charge in [-0.05, 0) is 55.3 Å². The van der Waals surface area contributed by atoms with Gasteiger partial charge in [-0.1, -0.05) is 19.1 Å². The van der Waals surface area contributed by atoms with Gasteiger partial charge in [0.25, 0.3) is 5.91 Å². The van der Waals surface area contributed by atoms with E-state index in [9.17, 15) is 18.0 Å². The van der Waals surface area contributed by atoms with Gasteiger partial charge in [0.15, 0.2) is 6.10 Å². The smallest absolute Gasteiger partial charge is 0.338 e. The van der Waals surface area contributed by atoms with Crippen molar-refractivity contribution < 1.29 is 27.5 Å². The lowest BCUT2D eigenvalue weighted by atomic mass is 10.1. The Morgan fingerprint density at radius 2 is 1.68 bits per heavy atom. The Hall–Kier alpha value is -2.75. The average Bonchev–Trinajstić information content (AvgIpc) is 2.80. The van der Waals surface area contributed by atoms with E-state index in [0.717, 1.165) is 12.0 Å². The van der Waals surface area contributed by atoms with Gasteiger partial charge in [0.2, 0.25) is 10.0 Å². The number of carbonyl (C=O) groups is 2. The second-order valence-corrected chi connectivity index (χ2v) is 9.07. The number of anilines is 1. The van der Waals surface area contributed by atoms with E-state index < -0.39 is 28.0 Å².